The lowest BCUT2D eigenvalue weighted by molar-refractivity contribution is 0.0932. The van der Waals surface area contributed by atoms with Gasteiger partial charge in [-0.3, -0.25) is 4.79 Å². The smallest absolute Gasteiger partial charge is 0.261 e. The minimum Gasteiger partial charge on any atom is -0.350 e. The van der Waals surface area contributed by atoms with Crippen LogP contribution in [0.3, 0.4) is 0 Å². The summed E-state index contributed by atoms with van der Waals surface area (Å²) in [7, 11) is 0. The minimum absolute atomic E-state index is 0.0787. The number of amides is 1. The van der Waals surface area contributed by atoms with Crippen LogP contribution in [0.1, 0.15) is 48.8 Å². The first-order valence-corrected chi connectivity index (χ1v) is 8.00. The van der Waals surface area contributed by atoms with Gasteiger partial charge < -0.3 is 10.6 Å². The second-order valence-electron chi connectivity index (χ2n) is 5.94. The molecule has 3 nitrogen and oxygen atoms in total. The molecule has 1 aliphatic heterocycles. The molecule has 19 heavy (non-hydrogen) atoms. The van der Waals surface area contributed by atoms with E-state index in [0.29, 0.717) is 12.6 Å². The molecule has 1 saturated heterocycles. The van der Waals surface area contributed by atoms with E-state index in [4.69, 9.17) is 0 Å². The van der Waals surface area contributed by atoms with Gasteiger partial charge in [-0.25, -0.2) is 0 Å². The Morgan fingerprint density at radius 1 is 1.58 bits per heavy atom. The maximum atomic E-state index is 12.2. The second-order valence-corrected chi connectivity index (χ2v) is 6.85. The van der Waals surface area contributed by atoms with Crippen LogP contribution in [0.15, 0.2) is 11.4 Å². The van der Waals surface area contributed by atoms with Crippen LogP contribution in [-0.4, -0.2) is 25.0 Å². The summed E-state index contributed by atoms with van der Waals surface area (Å²) in [5, 5.41) is 8.62. The number of hydrogen-bond acceptors (Lipinski definition) is 3. The lowest BCUT2D eigenvalue weighted by atomic mass is 9.77. The average molecular weight is 280 g/mol. The Balaban J connectivity index is 1.93. The van der Waals surface area contributed by atoms with Crippen molar-refractivity contribution >= 4 is 17.2 Å². The van der Waals surface area contributed by atoms with Crippen LogP contribution < -0.4 is 10.6 Å². The van der Waals surface area contributed by atoms with Crippen molar-refractivity contribution in [3.05, 3.63) is 21.9 Å². The van der Waals surface area contributed by atoms with Gasteiger partial charge in [0, 0.05) is 12.6 Å². The van der Waals surface area contributed by atoms with Gasteiger partial charge in [0.1, 0.15) is 0 Å². The van der Waals surface area contributed by atoms with Gasteiger partial charge in [0.2, 0.25) is 0 Å². The lowest BCUT2D eigenvalue weighted by Gasteiger charge is -2.39. The largest absolute Gasteiger partial charge is 0.350 e. The van der Waals surface area contributed by atoms with E-state index in [1.807, 2.05) is 11.4 Å². The molecule has 4 heteroatoms. The van der Waals surface area contributed by atoms with Crippen molar-refractivity contribution in [3.63, 3.8) is 0 Å². The van der Waals surface area contributed by atoms with Gasteiger partial charge in [0.05, 0.1) is 4.88 Å². The number of aryl methyl sites for hydroxylation is 1. The summed E-state index contributed by atoms with van der Waals surface area (Å²) in [5.74, 6) is 0.0787. The van der Waals surface area contributed by atoms with Gasteiger partial charge in [-0.15, -0.1) is 11.3 Å². The average Bonchev–Trinajstić information content (AvgIpc) is 2.85. The van der Waals surface area contributed by atoms with Crippen molar-refractivity contribution in [2.45, 2.75) is 46.1 Å². The molecule has 1 aromatic heterocycles. The second kappa shape index (κ2) is 6.06. The zero-order chi connectivity index (χ0) is 13.9. The molecule has 1 atom stereocenters. The third kappa shape index (κ3) is 3.37. The number of thiophene rings is 1. The predicted molar refractivity (Wildman–Crippen MR) is 80.8 cm³/mol. The molecular weight excluding hydrogens is 256 g/mol. The van der Waals surface area contributed by atoms with Crippen molar-refractivity contribution in [1.29, 1.82) is 0 Å². The maximum absolute atomic E-state index is 12.2. The number of rotatable bonds is 4. The molecule has 0 aromatic carbocycles. The van der Waals surface area contributed by atoms with Crippen LogP contribution >= 0.6 is 11.3 Å². The molecule has 1 amide bonds. The number of carbonyl (C=O) groups excluding carboxylic acids is 1. The van der Waals surface area contributed by atoms with E-state index < -0.39 is 0 Å². The van der Waals surface area contributed by atoms with E-state index in [9.17, 15) is 4.79 Å². The third-order valence-electron chi connectivity index (χ3n) is 4.13. The standard InChI is InChI=1S/C15H24N2OS/c1-4-11-6-9-19-13(11)14(18)17-10-12-15(2,3)7-5-8-16-12/h6,9,12,16H,4-5,7-8,10H2,1-3H3,(H,17,18). The van der Waals surface area contributed by atoms with E-state index in [0.717, 1.165) is 23.4 Å². The highest BCUT2D eigenvalue weighted by molar-refractivity contribution is 7.12. The number of nitrogens with one attached hydrogen (secondary N) is 2. The Morgan fingerprint density at radius 2 is 2.37 bits per heavy atom. The zero-order valence-corrected chi connectivity index (χ0v) is 12.9. The van der Waals surface area contributed by atoms with Gasteiger partial charge in [-0.05, 0) is 48.2 Å². The highest BCUT2D eigenvalue weighted by Gasteiger charge is 2.32. The van der Waals surface area contributed by atoms with Gasteiger partial charge in [-0.2, -0.15) is 0 Å². The molecule has 2 heterocycles. The molecule has 0 spiro atoms. The van der Waals surface area contributed by atoms with Crippen molar-refractivity contribution in [3.8, 4) is 0 Å². The van der Waals surface area contributed by atoms with Crippen molar-refractivity contribution in [1.82, 2.24) is 10.6 Å². The first-order chi connectivity index (χ1) is 9.04. The molecule has 1 fully saturated rings. The Kier molecular flexibility index (Phi) is 4.63. The highest BCUT2D eigenvalue weighted by Crippen LogP contribution is 2.29. The summed E-state index contributed by atoms with van der Waals surface area (Å²) in [6.45, 7) is 8.41. The Morgan fingerprint density at radius 3 is 3.05 bits per heavy atom. The number of carbonyl (C=O) groups is 1. The Hall–Kier alpha value is -0.870. The van der Waals surface area contributed by atoms with Crippen molar-refractivity contribution in [2.24, 2.45) is 5.41 Å². The van der Waals surface area contributed by atoms with Gasteiger partial charge in [-0.1, -0.05) is 20.8 Å². The fourth-order valence-electron chi connectivity index (χ4n) is 2.71. The minimum atomic E-state index is 0.0787. The first kappa shape index (κ1) is 14.5. The van der Waals surface area contributed by atoms with Crippen LogP contribution in [0.2, 0.25) is 0 Å². The van der Waals surface area contributed by atoms with Gasteiger partial charge in [0.15, 0.2) is 0 Å². The fraction of sp³-hybridized carbons (Fsp3) is 0.667. The van der Waals surface area contributed by atoms with Crippen molar-refractivity contribution < 1.29 is 4.79 Å². The quantitative estimate of drug-likeness (QED) is 0.890. The predicted octanol–water partition coefficient (Wildman–Crippen LogP) is 2.82. The molecule has 1 aliphatic rings. The third-order valence-corrected chi connectivity index (χ3v) is 5.09. The summed E-state index contributed by atoms with van der Waals surface area (Å²) in [6, 6.07) is 2.41. The van der Waals surface area contributed by atoms with E-state index >= 15 is 0 Å². The van der Waals surface area contributed by atoms with Crippen molar-refractivity contribution in [2.75, 3.05) is 13.1 Å². The molecule has 1 unspecified atom stereocenters. The Labute approximate surface area is 119 Å². The normalized spacial score (nSPS) is 22.2. The van der Waals surface area contributed by atoms with E-state index in [2.05, 4.69) is 31.4 Å². The van der Waals surface area contributed by atoms with E-state index in [1.165, 1.54) is 24.2 Å². The SMILES string of the molecule is CCc1ccsc1C(=O)NCC1NCCCC1(C)C. The maximum Gasteiger partial charge on any atom is 0.261 e. The fourth-order valence-corrected chi connectivity index (χ4v) is 3.62. The number of hydrogen-bond donors (Lipinski definition) is 2. The summed E-state index contributed by atoms with van der Waals surface area (Å²) < 4.78 is 0. The summed E-state index contributed by atoms with van der Waals surface area (Å²) in [5.41, 5.74) is 1.41. The van der Waals surface area contributed by atoms with Gasteiger partial charge in [0.25, 0.3) is 5.91 Å². The topological polar surface area (TPSA) is 41.1 Å². The molecule has 1 aromatic rings. The van der Waals surface area contributed by atoms with Crippen LogP contribution in [0.4, 0.5) is 0 Å². The number of piperidine rings is 1. The summed E-state index contributed by atoms with van der Waals surface area (Å²) >= 11 is 1.54. The Bertz CT molecular complexity index is 439. The van der Waals surface area contributed by atoms with E-state index in [-0.39, 0.29) is 11.3 Å². The first-order valence-electron chi connectivity index (χ1n) is 7.12. The molecule has 0 radical (unpaired) electrons. The summed E-state index contributed by atoms with van der Waals surface area (Å²) in [6.07, 6.45) is 3.36. The highest BCUT2D eigenvalue weighted by atomic mass is 32.1. The molecule has 2 N–H and O–H groups in total. The van der Waals surface area contributed by atoms with Crippen LogP contribution in [0, 0.1) is 5.41 Å². The molecule has 0 bridgehead atoms. The zero-order valence-electron chi connectivity index (χ0n) is 12.1. The molecule has 0 saturated carbocycles. The van der Waals surface area contributed by atoms with Gasteiger partial charge >= 0.3 is 0 Å². The van der Waals surface area contributed by atoms with Crippen LogP contribution in [-0.2, 0) is 6.42 Å². The monoisotopic (exact) mass is 280 g/mol. The molecule has 2 rings (SSSR count). The molecular formula is C15H24N2OS. The van der Waals surface area contributed by atoms with Crippen LogP contribution in [0.25, 0.3) is 0 Å². The van der Waals surface area contributed by atoms with E-state index in [1.54, 1.807) is 0 Å². The molecule has 106 valence electrons. The lowest BCUT2D eigenvalue weighted by Crippen LogP contribution is -2.52. The summed E-state index contributed by atoms with van der Waals surface area (Å²) in [4.78, 5) is 13.1. The molecule has 0 aliphatic carbocycles. The van der Waals surface area contributed by atoms with Crippen LogP contribution in [0.5, 0.6) is 0 Å².